The Morgan fingerprint density at radius 3 is 1.53 bits per heavy atom. The molecule has 8 unspecified atom stereocenters. The molecule has 0 radical (unpaired) electrons. The van der Waals surface area contributed by atoms with Crippen molar-refractivity contribution in [3.05, 3.63) is 48.6 Å². The van der Waals surface area contributed by atoms with Gasteiger partial charge in [0.15, 0.2) is 0 Å². The Hall–Kier alpha value is -1.74. The number of amides is 1. The number of rotatable bonds is 35. The van der Waals surface area contributed by atoms with Crippen LogP contribution in [0.15, 0.2) is 48.6 Å². The number of aliphatic hydroxyl groups is 7. The number of carbonyl (C=O) groups excluding carboxylic acids is 1. The summed E-state index contributed by atoms with van der Waals surface area (Å²) in [5.41, 5.74) is 0. The molecule has 0 saturated heterocycles. The zero-order chi connectivity index (χ0) is 43.0. The maximum atomic E-state index is 12.9. The monoisotopic (exact) mass is 846 g/mol. The standard InChI is InChI=1S/C44H80NO12P/c1-3-5-7-9-11-12-13-14-15-16-17-18-19-20-21-22-23-24-26-28-30-32-37(47)36(45-38(48)33-35(46)31-29-27-25-10-8-6-4-2)34-56-58(54,55)57-44-42(52)40(50)39(49)41(51)43(44)53/h19-20,23-24,27,29-30,32,35-37,39-44,46-47,49-53H,3-18,21-22,25-26,28,31,33-34H2,1-2H3,(H,45,48)(H,54,55)/b20-19+,24-23+,29-27-,32-30+. The van der Waals surface area contributed by atoms with Crippen LogP contribution in [0, 0.1) is 0 Å². The van der Waals surface area contributed by atoms with Gasteiger partial charge < -0.3 is 46.0 Å². The summed E-state index contributed by atoms with van der Waals surface area (Å²) < 4.78 is 22.7. The number of phosphoric ester groups is 1. The molecule has 0 aromatic carbocycles. The second-order valence-electron chi connectivity index (χ2n) is 15.7. The van der Waals surface area contributed by atoms with Gasteiger partial charge in [-0.3, -0.25) is 13.8 Å². The van der Waals surface area contributed by atoms with Crippen molar-refractivity contribution in [2.45, 2.75) is 216 Å². The highest BCUT2D eigenvalue weighted by Crippen LogP contribution is 2.47. The van der Waals surface area contributed by atoms with Crippen molar-refractivity contribution in [3.63, 3.8) is 0 Å². The Labute approximate surface area is 349 Å². The molecule has 0 bridgehead atoms. The number of phosphoric acid groups is 1. The van der Waals surface area contributed by atoms with Gasteiger partial charge in [-0.25, -0.2) is 4.57 Å². The van der Waals surface area contributed by atoms with Crippen LogP contribution in [-0.4, -0.2) is 108 Å². The van der Waals surface area contributed by atoms with Crippen molar-refractivity contribution in [1.29, 1.82) is 0 Å². The molecule has 13 nitrogen and oxygen atoms in total. The van der Waals surface area contributed by atoms with Crippen molar-refractivity contribution in [2.75, 3.05) is 6.61 Å². The first-order chi connectivity index (χ1) is 27.8. The summed E-state index contributed by atoms with van der Waals surface area (Å²) in [4.78, 5) is 23.2. The molecule has 0 heterocycles. The molecule has 8 atom stereocenters. The van der Waals surface area contributed by atoms with Crippen molar-refractivity contribution < 1.29 is 59.0 Å². The Balaban J connectivity index is 2.58. The van der Waals surface area contributed by atoms with E-state index in [1.807, 2.05) is 12.2 Å². The topological polar surface area (TPSA) is 226 Å². The van der Waals surface area contributed by atoms with E-state index < -0.39 is 75.2 Å². The van der Waals surface area contributed by atoms with Gasteiger partial charge in [-0.2, -0.15) is 0 Å². The minimum Gasteiger partial charge on any atom is -0.392 e. The normalized spacial score (nSPS) is 24.2. The SMILES string of the molecule is CCCCCC/C=C\CC(O)CC(=O)NC(COP(=O)(O)OC1C(O)C(O)C(O)C(O)C1O)C(O)/C=C/CC/C=C/CC/C=C/CCCCCCCCCCCCC. The molecule has 1 aliphatic carbocycles. The zero-order valence-electron chi connectivity index (χ0n) is 35.4. The fourth-order valence-corrected chi connectivity index (χ4v) is 7.65. The average molecular weight is 846 g/mol. The molecule has 14 heteroatoms. The molecule has 1 rings (SSSR count). The minimum atomic E-state index is -5.15. The number of hydrogen-bond acceptors (Lipinski definition) is 11. The number of unbranched alkanes of at least 4 members (excludes halogenated alkanes) is 17. The third-order valence-corrected chi connectivity index (χ3v) is 11.3. The highest BCUT2D eigenvalue weighted by molar-refractivity contribution is 7.47. The van der Waals surface area contributed by atoms with Crippen molar-refractivity contribution >= 4 is 13.7 Å². The summed E-state index contributed by atoms with van der Waals surface area (Å²) in [6, 6.07) is -1.28. The molecule has 0 aromatic heterocycles. The van der Waals surface area contributed by atoms with Crippen LogP contribution in [0.4, 0.5) is 0 Å². The molecule has 58 heavy (non-hydrogen) atoms. The third-order valence-electron chi connectivity index (χ3n) is 10.4. The van der Waals surface area contributed by atoms with E-state index in [0.717, 1.165) is 51.4 Å². The Kier molecular flexibility index (Phi) is 31.7. The van der Waals surface area contributed by atoms with Crippen LogP contribution in [-0.2, 0) is 18.4 Å². The van der Waals surface area contributed by atoms with E-state index in [0.29, 0.717) is 12.8 Å². The van der Waals surface area contributed by atoms with Gasteiger partial charge in [-0.1, -0.05) is 146 Å². The maximum Gasteiger partial charge on any atom is 0.472 e. The third kappa shape index (κ3) is 25.8. The fourth-order valence-electron chi connectivity index (χ4n) is 6.68. The number of nitrogens with one attached hydrogen (secondary N) is 1. The van der Waals surface area contributed by atoms with E-state index in [9.17, 15) is 50.0 Å². The molecule has 338 valence electrons. The van der Waals surface area contributed by atoms with E-state index in [2.05, 4.69) is 43.5 Å². The van der Waals surface area contributed by atoms with E-state index in [1.165, 1.54) is 76.7 Å². The Morgan fingerprint density at radius 2 is 1.02 bits per heavy atom. The molecule has 1 amide bonds. The number of hydrogen-bond donors (Lipinski definition) is 9. The maximum absolute atomic E-state index is 12.9. The van der Waals surface area contributed by atoms with E-state index in [-0.39, 0.29) is 12.8 Å². The highest BCUT2D eigenvalue weighted by Gasteiger charge is 2.51. The van der Waals surface area contributed by atoms with Crippen LogP contribution in [0.2, 0.25) is 0 Å². The molecule has 0 spiro atoms. The van der Waals surface area contributed by atoms with E-state index in [4.69, 9.17) is 9.05 Å². The highest BCUT2D eigenvalue weighted by atomic mass is 31.2. The summed E-state index contributed by atoms with van der Waals surface area (Å²) in [5.74, 6) is -0.646. The van der Waals surface area contributed by atoms with Gasteiger partial charge >= 0.3 is 7.82 Å². The molecular formula is C44H80NO12P. The van der Waals surface area contributed by atoms with Crippen LogP contribution >= 0.6 is 7.82 Å². The van der Waals surface area contributed by atoms with Gasteiger partial charge in [0.2, 0.25) is 5.91 Å². The zero-order valence-corrected chi connectivity index (χ0v) is 36.3. The van der Waals surface area contributed by atoms with Crippen molar-refractivity contribution in [1.82, 2.24) is 5.32 Å². The molecular weight excluding hydrogens is 765 g/mol. The molecule has 0 aromatic rings. The molecule has 1 fully saturated rings. The number of carbonyl (C=O) groups is 1. The predicted molar refractivity (Wildman–Crippen MR) is 229 cm³/mol. The first-order valence-electron chi connectivity index (χ1n) is 22.2. The summed E-state index contributed by atoms with van der Waals surface area (Å²) in [6.45, 7) is 3.62. The van der Waals surface area contributed by atoms with Gasteiger partial charge in [0.05, 0.1) is 31.3 Å². The second kappa shape index (κ2) is 33.9. The van der Waals surface area contributed by atoms with Crippen LogP contribution in [0.1, 0.15) is 162 Å². The summed E-state index contributed by atoms with van der Waals surface area (Å²) in [7, 11) is -5.15. The van der Waals surface area contributed by atoms with Crippen molar-refractivity contribution in [2.24, 2.45) is 0 Å². The summed E-state index contributed by atoms with van der Waals surface area (Å²) in [5, 5.41) is 74.0. The molecule has 1 aliphatic rings. The second-order valence-corrected chi connectivity index (χ2v) is 17.1. The largest absolute Gasteiger partial charge is 0.472 e. The summed E-state index contributed by atoms with van der Waals surface area (Å²) >= 11 is 0. The van der Waals surface area contributed by atoms with Gasteiger partial charge in [-0.15, -0.1) is 0 Å². The summed E-state index contributed by atoms with van der Waals surface area (Å²) in [6.07, 6.45) is 25.4. The fraction of sp³-hybridized carbons (Fsp3) is 0.795. The Morgan fingerprint density at radius 1 is 0.603 bits per heavy atom. The molecule has 9 N–H and O–H groups in total. The molecule has 0 aliphatic heterocycles. The predicted octanol–water partition coefficient (Wildman–Crippen LogP) is 6.75. The lowest BCUT2D eigenvalue weighted by Crippen LogP contribution is -2.64. The van der Waals surface area contributed by atoms with Gasteiger partial charge in [0.1, 0.15) is 36.6 Å². The van der Waals surface area contributed by atoms with Crippen LogP contribution < -0.4 is 5.32 Å². The van der Waals surface area contributed by atoms with Gasteiger partial charge in [0.25, 0.3) is 0 Å². The first-order valence-corrected chi connectivity index (χ1v) is 23.7. The first kappa shape index (κ1) is 54.3. The van der Waals surface area contributed by atoms with Crippen LogP contribution in [0.5, 0.6) is 0 Å². The average Bonchev–Trinajstić information content (AvgIpc) is 3.19. The van der Waals surface area contributed by atoms with Crippen LogP contribution in [0.3, 0.4) is 0 Å². The number of allylic oxidation sites excluding steroid dienone is 6. The lowest BCUT2D eigenvalue weighted by molar-refractivity contribution is -0.220. The Bertz CT molecular complexity index is 1180. The molecule has 1 saturated carbocycles. The lowest BCUT2D eigenvalue weighted by atomic mass is 9.85. The smallest absolute Gasteiger partial charge is 0.392 e. The minimum absolute atomic E-state index is 0.242. The van der Waals surface area contributed by atoms with Crippen LogP contribution in [0.25, 0.3) is 0 Å². The van der Waals surface area contributed by atoms with E-state index in [1.54, 1.807) is 6.08 Å². The lowest BCUT2D eigenvalue weighted by Gasteiger charge is -2.41. The van der Waals surface area contributed by atoms with Gasteiger partial charge in [0, 0.05) is 0 Å². The number of aliphatic hydroxyl groups excluding tert-OH is 7. The van der Waals surface area contributed by atoms with E-state index >= 15 is 0 Å². The quantitative estimate of drug-likeness (QED) is 0.0184. The van der Waals surface area contributed by atoms with Crippen molar-refractivity contribution in [3.8, 4) is 0 Å². The van der Waals surface area contributed by atoms with Gasteiger partial charge in [-0.05, 0) is 57.8 Å².